The molecular weight excluding hydrogens is 583 g/mol. The standard InChI is InChI=1S/C25H38N6O4S2.2ClH/c1-30-10-3-8-20(18-30)22-24(28-36-26-22)34-16-6-14-32-12-5-13-33-15-7-17-35-25-23(27-37-29-25)21-9-4-11-31(2)19-21;;/h8-9H,3-7,10-19H2,1-2H3;2*1H. The van der Waals surface area contributed by atoms with Gasteiger partial charge in [-0.15, -0.1) is 8.75 Å². The van der Waals surface area contributed by atoms with Gasteiger partial charge in [0.1, 0.15) is 24.5 Å². The highest BCUT2D eigenvalue weighted by Gasteiger charge is 2.21. The van der Waals surface area contributed by atoms with Gasteiger partial charge < -0.3 is 53.6 Å². The molecule has 2 aliphatic heterocycles. The van der Waals surface area contributed by atoms with E-state index in [2.05, 4.69) is 43.7 Å². The van der Waals surface area contributed by atoms with E-state index < -0.39 is 0 Å². The molecule has 2 atom stereocenters. The zero-order valence-corrected chi connectivity index (χ0v) is 25.9. The topological polar surface area (TPSA) is 97.4 Å². The van der Waals surface area contributed by atoms with Crippen molar-refractivity contribution in [2.24, 2.45) is 0 Å². The number of likely N-dealkylation sites (N-methyl/N-ethyl adjacent to an activating group) is 2. The van der Waals surface area contributed by atoms with Gasteiger partial charge in [0.25, 0.3) is 11.8 Å². The molecule has 0 aromatic carbocycles. The van der Waals surface area contributed by atoms with Crippen molar-refractivity contribution in [2.45, 2.75) is 32.1 Å². The fourth-order valence-electron chi connectivity index (χ4n) is 4.39. The summed E-state index contributed by atoms with van der Waals surface area (Å²) in [6.07, 6.45) is 9.19. The third-order valence-electron chi connectivity index (χ3n) is 6.35. The lowest BCUT2D eigenvalue weighted by Gasteiger charge is -2.19. The number of ether oxygens (including phenoxy) is 4. The number of halogens is 2. The summed E-state index contributed by atoms with van der Waals surface area (Å²) < 4.78 is 40.8. The molecule has 4 heterocycles. The lowest BCUT2D eigenvalue weighted by Crippen LogP contribution is -3.09. The van der Waals surface area contributed by atoms with Gasteiger partial charge in [0, 0.05) is 63.3 Å². The van der Waals surface area contributed by atoms with Crippen molar-refractivity contribution in [1.29, 1.82) is 0 Å². The fraction of sp³-hybridized carbons (Fsp3) is 0.680. The number of hydrogen-bond acceptors (Lipinski definition) is 10. The van der Waals surface area contributed by atoms with Gasteiger partial charge in [-0.3, -0.25) is 0 Å². The number of nitrogens with zero attached hydrogens (tertiary/aromatic N) is 4. The molecule has 14 heteroatoms. The van der Waals surface area contributed by atoms with Gasteiger partial charge in [-0.1, -0.05) is 12.2 Å². The van der Waals surface area contributed by atoms with E-state index in [-0.39, 0.29) is 24.8 Å². The van der Waals surface area contributed by atoms with Crippen LogP contribution in [0.5, 0.6) is 11.8 Å². The molecule has 2 aromatic rings. The average Bonchev–Trinajstić information content (AvgIpc) is 3.56. The Balaban J connectivity index is 0.00000267. The van der Waals surface area contributed by atoms with Crippen LogP contribution in [0.15, 0.2) is 12.2 Å². The first-order valence-electron chi connectivity index (χ1n) is 13.3. The van der Waals surface area contributed by atoms with E-state index in [0.29, 0.717) is 51.4 Å². The molecule has 2 aliphatic rings. The van der Waals surface area contributed by atoms with E-state index in [1.54, 1.807) is 0 Å². The van der Waals surface area contributed by atoms with Gasteiger partial charge in [0.15, 0.2) is 0 Å². The van der Waals surface area contributed by atoms with E-state index in [4.69, 9.17) is 18.9 Å². The number of rotatable bonds is 16. The van der Waals surface area contributed by atoms with Crippen LogP contribution in [0.25, 0.3) is 11.1 Å². The van der Waals surface area contributed by atoms with Crippen molar-refractivity contribution in [3.8, 4) is 11.8 Å². The molecule has 0 radical (unpaired) electrons. The molecule has 2 aromatic heterocycles. The first-order valence-corrected chi connectivity index (χ1v) is 14.7. The Morgan fingerprint density at radius 1 is 0.641 bits per heavy atom. The molecule has 0 bridgehead atoms. The zero-order chi connectivity index (χ0) is 25.7. The second-order valence-electron chi connectivity index (χ2n) is 9.62. The van der Waals surface area contributed by atoms with Crippen LogP contribution < -0.4 is 44.1 Å². The molecule has 0 fully saturated rings. The van der Waals surface area contributed by atoms with Crippen LogP contribution in [0.1, 0.15) is 43.5 Å². The van der Waals surface area contributed by atoms with Crippen LogP contribution in [0.3, 0.4) is 0 Å². The smallest absolute Gasteiger partial charge is 0.253 e. The molecule has 2 N–H and O–H groups in total. The molecule has 39 heavy (non-hydrogen) atoms. The molecule has 0 saturated carbocycles. The predicted octanol–water partition coefficient (Wildman–Crippen LogP) is -5.34. The normalized spacial score (nSPS) is 18.9. The second kappa shape index (κ2) is 18.9. The molecule has 0 aliphatic carbocycles. The molecule has 2 unspecified atom stereocenters. The van der Waals surface area contributed by atoms with Crippen molar-refractivity contribution >= 4 is 34.6 Å². The Kier molecular flexibility index (Phi) is 16.4. The number of quaternary nitrogens is 2. The first kappa shape index (κ1) is 33.8. The SMILES string of the molecule is C[NH+]1CCC=C(c2nsnc2OCCCOCCCOCCCOc2nsnc2C2=CCC[NH+](C)C2)C1.[Cl-].[Cl-]. The molecule has 0 spiro atoms. The van der Waals surface area contributed by atoms with Gasteiger partial charge in [-0.25, -0.2) is 0 Å². The largest absolute Gasteiger partial charge is 1.00 e. The summed E-state index contributed by atoms with van der Waals surface area (Å²) in [5, 5.41) is 0. The van der Waals surface area contributed by atoms with Gasteiger partial charge in [0.2, 0.25) is 0 Å². The maximum Gasteiger partial charge on any atom is 0.253 e. The zero-order valence-electron chi connectivity index (χ0n) is 22.8. The minimum Gasteiger partial charge on any atom is -1.00 e. The lowest BCUT2D eigenvalue weighted by molar-refractivity contribution is -0.872. The van der Waals surface area contributed by atoms with Crippen molar-refractivity contribution in [1.82, 2.24) is 17.5 Å². The van der Waals surface area contributed by atoms with Crippen LogP contribution in [0, 0.1) is 0 Å². The van der Waals surface area contributed by atoms with E-state index in [1.165, 1.54) is 44.4 Å². The second-order valence-corrected chi connectivity index (χ2v) is 10.7. The predicted molar refractivity (Wildman–Crippen MR) is 145 cm³/mol. The molecule has 10 nitrogen and oxygen atoms in total. The maximum absolute atomic E-state index is 5.88. The van der Waals surface area contributed by atoms with Crippen molar-refractivity contribution < 1.29 is 53.6 Å². The summed E-state index contributed by atoms with van der Waals surface area (Å²) in [5.74, 6) is 1.32. The van der Waals surface area contributed by atoms with Crippen LogP contribution >= 0.6 is 23.5 Å². The first-order chi connectivity index (χ1) is 18.2. The minimum absolute atomic E-state index is 0. The van der Waals surface area contributed by atoms with Gasteiger partial charge in [-0.05, 0) is 6.42 Å². The van der Waals surface area contributed by atoms with E-state index in [1.807, 2.05) is 0 Å². The summed E-state index contributed by atoms with van der Waals surface area (Å²) in [6, 6.07) is 0. The summed E-state index contributed by atoms with van der Waals surface area (Å²) in [4.78, 5) is 2.98. The molecule has 0 amide bonds. The summed E-state index contributed by atoms with van der Waals surface area (Å²) in [6.45, 7) is 8.12. The fourth-order valence-corrected chi connectivity index (χ4v) is 5.45. The highest BCUT2D eigenvalue weighted by molar-refractivity contribution is 6.99. The van der Waals surface area contributed by atoms with Crippen LogP contribution in [-0.2, 0) is 9.47 Å². The highest BCUT2D eigenvalue weighted by atomic mass is 35.5. The van der Waals surface area contributed by atoms with Crippen molar-refractivity contribution in [3.05, 3.63) is 23.5 Å². The number of nitrogens with one attached hydrogen (secondary N) is 2. The Labute approximate surface area is 252 Å². The Morgan fingerprint density at radius 2 is 1.05 bits per heavy atom. The third-order valence-corrected chi connectivity index (χ3v) is 7.38. The molecule has 220 valence electrons. The molecular formula is C25H40Cl2N6O4S2. The summed E-state index contributed by atoms with van der Waals surface area (Å²) >= 11 is 2.43. The van der Waals surface area contributed by atoms with Crippen molar-refractivity contribution in [3.63, 3.8) is 0 Å². The van der Waals surface area contributed by atoms with Gasteiger partial charge in [-0.2, -0.15) is 8.75 Å². The highest BCUT2D eigenvalue weighted by Crippen LogP contribution is 2.25. The molecule has 0 saturated heterocycles. The maximum atomic E-state index is 5.88. The number of aromatic nitrogens is 4. The Hall–Kier alpha value is -1.38. The third kappa shape index (κ3) is 11.2. The van der Waals surface area contributed by atoms with Crippen LogP contribution in [-0.4, -0.2) is 97.4 Å². The van der Waals surface area contributed by atoms with Gasteiger partial charge >= 0.3 is 0 Å². The summed E-state index contributed by atoms with van der Waals surface area (Å²) in [5.41, 5.74) is 4.30. The quantitative estimate of drug-likeness (QED) is 0.179. The molecule has 4 rings (SSSR count). The summed E-state index contributed by atoms with van der Waals surface area (Å²) in [7, 11) is 4.41. The monoisotopic (exact) mass is 622 g/mol. The van der Waals surface area contributed by atoms with E-state index in [9.17, 15) is 0 Å². The van der Waals surface area contributed by atoms with Gasteiger partial charge in [0.05, 0.1) is 63.9 Å². The van der Waals surface area contributed by atoms with Crippen LogP contribution in [0.4, 0.5) is 0 Å². The van der Waals surface area contributed by atoms with E-state index in [0.717, 1.165) is 69.7 Å². The Morgan fingerprint density at radius 3 is 1.46 bits per heavy atom. The average molecular weight is 624 g/mol. The van der Waals surface area contributed by atoms with E-state index >= 15 is 0 Å². The van der Waals surface area contributed by atoms with Crippen molar-refractivity contribution in [2.75, 3.05) is 79.9 Å². The van der Waals surface area contributed by atoms with Crippen LogP contribution in [0.2, 0.25) is 0 Å². The number of hydrogen-bond donors (Lipinski definition) is 2. The lowest BCUT2D eigenvalue weighted by atomic mass is 10.1. The Bertz CT molecular complexity index is 944. The minimum atomic E-state index is 0.